The first-order valence-electron chi connectivity index (χ1n) is 6.54. The molecule has 1 aliphatic rings. The van der Waals surface area contributed by atoms with Gasteiger partial charge in [-0.1, -0.05) is 12.1 Å². The van der Waals surface area contributed by atoms with Gasteiger partial charge < -0.3 is 19.5 Å². The van der Waals surface area contributed by atoms with Crippen LogP contribution in [0.25, 0.3) is 0 Å². The maximum absolute atomic E-state index is 9.35. The van der Waals surface area contributed by atoms with Crippen molar-refractivity contribution in [3.8, 4) is 5.75 Å². The summed E-state index contributed by atoms with van der Waals surface area (Å²) in [4.78, 5) is 2.31. The molecule has 1 saturated heterocycles. The first-order valence-corrected chi connectivity index (χ1v) is 6.54. The average molecular weight is 265 g/mol. The van der Waals surface area contributed by atoms with Crippen molar-refractivity contribution >= 4 is 12.6 Å². The lowest BCUT2D eigenvalue weighted by Gasteiger charge is -2.20. The fourth-order valence-electron chi connectivity index (χ4n) is 2.30. The molecule has 0 aromatic heterocycles. The van der Waals surface area contributed by atoms with Gasteiger partial charge in [-0.2, -0.15) is 0 Å². The molecule has 0 amide bonds. The fourth-order valence-corrected chi connectivity index (χ4v) is 2.30. The molecule has 0 radical (unpaired) electrons. The van der Waals surface area contributed by atoms with Gasteiger partial charge in [-0.05, 0) is 18.1 Å². The zero-order valence-electron chi connectivity index (χ0n) is 11.2. The summed E-state index contributed by atoms with van der Waals surface area (Å²) in [5.41, 5.74) is 1.46. The van der Waals surface area contributed by atoms with Crippen LogP contribution in [0.2, 0.25) is 0 Å². The lowest BCUT2D eigenvalue weighted by atomic mass is 9.78. The van der Waals surface area contributed by atoms with Crippen LogP contribution < -0.4 is 10.2 Å². The van der Waals surface area contributed by atoms with Crippen LogP contribution in [0, 0.1) is 0 Å². The largest absolute Gasteiger partial charge is 0.497 e. The number of benzene rings is 1. The summed E-state index contributed by atoms with van der Waals surface area (Å²) in [7, 11) is 0.00916. The molecule has 1 fully saturated rings. The lowest BCUT2D eigenvalue weighted by Crippen LogP contribution is -2.32. The second-order valence-corrected chi connectivity index (χ2v) is 4.69. The number of hydrogen-bond acceptors (Lipinski definition) is 5. The second kappa shape index (κ2) is 6.91. The fraction of sp³-hybridized carbons (Fsp3) is 0.538. The van der Waals surface area contributed by atoms with Crippen LogP contribution in [0.15, 0.2) is 18.2 Å². The Bertz CT molecular complexity index is 406. The molecule has 104 valence electrons. The average Bonchev–Trinajstić information content (AvgIpc) is 2.67. The maximum atomic E-state index is 9.35. The summed E-state index contributed by atoms with van der Waals surface area (Å²) in [6.07, 6.45) is 1.03. The molecule has 19 heavy (non-hydrogen) atoms. The van der Waals surface area contributed by atoms with Crippen molar-refractivity contribution in [3.05, 3.63) is 23.8 Å². The zero-order valence-corrected chi connectivity index (χ0v) is 11.2. The van der Waals surface area contributed by atoms with Gasteiger partial charge in [0.15, 0.2) is 0 Å². The van der Waals surface area contributed by atoms with E-state index < -0.39 is 7.12 Å². The van der Waals surface area contributed by atoms with Crippen molar-refractivity contribution in [1.29, 1.82) is 0 Å². The van der Waals surface area contributed by atoms with Crippen LogP contribution in [-0.2, 0) is 11.3 Å². The van der Waals surface area contributed by atoms with E-state index >= 15 is 0 Å². The topological polar surface area (TPSA) is 62.2 Å². The SMILES string of the molecule is COc1ccc(CN2CCCOCC2)cc1B(O)O. The van der Waals surface area contributed by atoms with E-state index in [-0.39, 0.29) is 0 Å². The van der Waals surface area contributed by atoms with Gasteiger partial charge in [0.1, 0.15) is 5.75 Å². The Labute approximate surface area is 113 Å². The Balaban J connectivity index is 2.09. The number of nitrogens with zero attached hydrogens (tertiary/aromatic N) is 1. The summed E-state index contributed by atoms with van der Waals surface area (Å²) in [5, 5.41) is 18.7. The normalized spacial score (nSPS) is 17.0. The molecule has 6 heteroatoms. The van der Waals surface area contributed by atoms with Gasteiger partial charge >= 0.3 is 7.12 Å². The minimum atomic E-state index is -1.51. The third kappa shape index (κ3) is 3.94. The van der Waals surface area contributed by atoms with Crippen LogP contribution in [0.4, 0.5) is 0 Å². The van der Waals surface area contributed by atoms with Gasteiger partial charge in [0.05, 0.1) is 13.7 Å². The van der Waals surface area contributed by atoms with E-state index in [2.05, 4.69) is 4.90 Å². The molecule has 0 saturated carbocycles. The molecule has 1 aromatic rings. The minimum Gasteiger partial charge on any atom is -0.497 e. The predicted molar refractivity (Wildman–Crippen MR) is 73.5 cm³/mol. The van der Waals surface area contributed by atoms with E-state index in [1.165, 1.54) is 7.11 Å². The van der Waals surface area contributed by atoms with Crippen LogP contribution in [0.5, 0.6) is 5.75 Å². The molecule has 0 atom stereocenters. The molecule has 0 bridgehead atoms. The number of hydrogen-bond donors (Lipinski definition) is 2. The Morgan fingerprint density at radius 1 is 1.32 bits per heavy atom. The van der Waals surface area contributed by atoms with Crippen molar-refractivity contribution in [2.75, 3.05) is 33.4 Å². The maximum Gasteiger partial charge on any atom is 0.492 e. The standard InChI is InChI=1S/C13H20BNO4/c1-18-13-4-3-11(9-12(13)14(16)17)10-15-5-2-7-19-8-6-15/h3-4,9,16-17H,2,5-8,10H2,1H3. The van der Waals surface area contributed by atoms with E-state index in [0.717, 1.165) is 44.8 Å². The molecule has 2 rings (SSSR count). The van der Waals surface area contributed by atoms with Crippen molar-refractivity contribution in [2.24, 2.45) is 0 Å². The van der Waals surface area contributed by atoms with Crippen molar-refractivity contribution in [3.63, 3.8) is 0 Å². The molecule has 0 spiro atoms. The van der Waals surface area contributed by atoms with Gasteiger partial charge in [-0.15, -0.1) is 0 Å². The molecule has 1 heterocycles. The van der Waals surface area contributed by atoms with Crippen molar-refractivity contribution in [1.82, 2.24) is 4.90 Å². The Kier molecular flexibility index (Phi) is 5.21. The molecule has 5 nitrogen and oxygen atoms in total. The molecule has 0 aliphatic carbocycles. The van der Waals surface area contributed by atoms with Crippen molar-refractivity contribution < 1.29 is 19.5 Å². The van der Waals surface area contributed by atoms with Crippen LogP contribution in [0.3, 0.4) is 0 Å². The summed E-state index contributed by atoms with van der Waals surface area (Å²) < 4.78 is 10.5. The Hall–Kier alpha value is -1.08. The van der Waals surface area contributed by atoms with E-state index in [4.69, 9.17) is 9.47 Å². The van der Waals surface area contributed by atoms with Crippen molar-refractivity contribution in [2.45, 2.75) is 13.0 Å². The lowest BCUT2D eigenvalue weighted by molar-refractivity contribution is 0.140. The highest BCUT2D eigenvalue weighted by Gasteiger charge is 2.18. The van der Waals surface area contributed by atoms with E-state index in [0.29, 0.717) is 11.2 Å². The van der Waals surface area contributed by atoms with E-state index in [9.17, 15) is 10.0 Å². The molecular formula is C13H20BNO4. The molecule has 1 aliphatic heterocycles. The zero-order chi connectivity index (χ0) is 13.7. The number of rotatable bonds is 4. The second-order valence-electron chi connectivity index (χ2n) is 4.69. The van der Waals surface area contributed by atoms with Gasteiger partial charge in [0, 0.05) is 31.7 Å². The Morgan fingerprint density at radius 3 is 2.89 bits per heavy atom. The summed E-state index contributed by atoms with van der Waals surface area (Å²) in [5.74, 6) is 0.498. The van der Waals surface area contributed by atoms with Crippen LogP contribution in [0.1, 0.15) is 12.0 Å². The highest BCUT2D eigenvalue weighted by Crippen LogP contribution is 2.13. The number of methoxy groups -OCH3 is 1. The van der Waals surface area contributed by atoms with Crippen LogP contribution >= 0.6 is 0 Å². The third-order valence-corrected chi connectivity index (χ3v) is 3.29. The van der Waals surface area contributed by atoms with Gasteiger partial charge in [-0.25, -0.2) is 0 Å². The minimum absolute atomic E-state index is 0.408. The first kappa shape index (κ1) is 14.3. The van der Waals surface area contributed by atoms with E-state index in [1.807, 2.05) is 6.07 Å². The van der Waals surface area contributed by atoms with Gasteiger partial charge in [0.25, 0.3) is 0 Å². The van der Waals surface area contributed by atoms with Crippen LogP contribution in [-0.4, -0.2) is 55.5 Å². The highest BCUT2D eigenvalue weighted by atomic mass is 16.5. The first-order chi connectivity index (χ1) is 9.20. The molecular weight excluding hydrogens is 245 g/mol. The highest BCUT2D eigenvalue weighted by molar-refractivity contribution is 6.59. The predicted octanol–water partition coefficient (Wildman–Crippen LogP) is -0.403. The molecule has 0 unspecified atom stereocenters. The van der Waals surface area contributed by atoms with Gasteiger partial charge in [0.2, 0.25) is 0 Å². The molecule has 1 aromatic carbocycles. The van der Waals surface area contributed by atoms with Gasteiger partial charge in [-0.3, -0.25) is 4.90 Å². The Morgan fingerprint density at radius 2 is 2.16 bits per heavy atom. The summed E-state index contributed by atoms with van der Waals surface area (Å²) in [6.45, 7) is 4.27. The third-order valence-electron chi connectivity index (χ3n) is 3.29. The monoisotopic (exact) mass is 265 g/mol. The molecule has 2 N–H and O–H groups in total. The summed E-state index contributed by atoms with van der Waals surface area (Å²) >= 11 is 0. The number of ether oxygens (including phenoxy) is 2. The van der Waals surface area contributed by atoms with E-state index in [1.54, 1.807) is 12.1 Å². The smallest absolute Gasteiger partial charge is 0.492 e. The summed E-state index contributed by atoms with van der Waals surface area (Å²) in [6, 6.07) is 5.52. The quantitative estimate of drug-likeness (QED) is 0.725.